The van der Waals surface area contributed by atoms with Gasteiger partial charge in [0.25, 0.3) is 0 Å². The van der Waals surface area contributed by atoms with E-state index < -0.39 is 0 Å². The number of amides is 2. The lowest BCUT2D eigenvalue weighted by atomic mass is 10.1. The molecule has 7 nitrogen and oxygen atoms in total. The SMILES string of the molecule is Cc1oc(-c2ccccc2NC(=O)CCOc2ccccc2)nc1CNC(=O)CC(C)C. The number of carbonyl (C=O) groups excluding carboxylic acids is 2. The maximum Gasteiger partial charge on any atom is 0.228 e. The number of nitrogens with one attached hydrogen (secondary N) is 2. The molecule has 0 radical (unpaired) electrons. The van der Waals surface area contributed by atoms with E-state index in [9.17, 15) is 9.59 Å². The van der Waals surface area contributed by atoms with Crippen molar-refractivity contribution in [3.8, 4) is 17.2 Å². The second-order valence-corrected chi connectivity index (χ2v) is 7.90. The van der Waals surface area contributed by atoms with E-state index in [4.69, 9.17) is 9.15 Å². The first-order chi connectivity index (χ1) is 15.4. The fraction of sp³-hybridized carbons (Fsp3) is 0.320. The number of para-hydroxylation sites is 2. The van der Waals surface area contributed by atoms with Gasteiger partial charge in [-0.15, -0.1) is 0 Å². The number of aryl methyl sites for hydroxylation is 1. The van der Waals surface area contributed by atoms with Crippen molar-refractivity contribution in [1.29, 1.82) is 0 Å². The molecule has 0 aliphatic heterocycles. The number of ether oxygens (including phenoxy) is 1. The molecule has 0 fully saturated rings. The van der Waals surface area contributed by atoms with Crippen molar-refractivity contribution < 1.29 is 18.7 Å². The van der Waals surface area contributed by atoms with Crippen molar-refractivity contribution in [2.75, 3.05) is 11.9 Å². The highest BCUT2D eigenvalue weighted by molar-refractivity contribution is 5.94. The smallest absolute Gasteiger partial charge is 0.228 e. The van der Waals surface area contributed by atoms with Gasteiger partial charge < -0.3 is 19.8 Å². The van der Waals surface area contributed by atoms with Crippen LogP contribution in [0.2, 0.25) is 0 Å². The van der Waals surface area contributed by atoms with Crippen LogP contribution >= 0.6 is 0 Å². The van der Waals surface area contributed by atoms with Crippen molar-refractivity contribution >= 4 is 17.5 Å². The maximum atomic E-state index is 12.4. The summed E-state index contributed by atoms with van der Waals surface area (Å²) in [6.07, 6.45) is 0.674. The Morgan fingerprint density at radius 1 is 1.03 bits per heavy atom. The molecule has 2 amide bonds. The minimum Gasteiger partial charge on any atom is -0.493 e. The highest BCUT2D eigenvalue weighted by Crippen LogP contribution is 2.29. The van der Waals surface area contributed by atoms with Crippen LogP contribution < -0.4 is 15.4 Å². The zero-order chi connectivity index (χ0) is 22.9. The molecule has 3 rings (SSSR count). The van der Waals surface area contributed by atoms with Crippen molar-refractivity contribution in [3.63, 3.8) is 0 Å². The van der Waals surface area contributed by atoms with Crippen molar-refractivity contribution in [3.05, 3.63) is 66.1 Å². The number of oxazole rings is 1. The third kappa shape index (κ3) is 6.70. The van der Waals surface area contributed by atoms with E-state index in [0.29, 0.717) is 41.6 Å². The molecule has 0 spiro atoms. The maximum absolute atomic E-state index is 12.4. The molecule has 0 atom stereocenters. The van der Waals surface area contributed by atoms with Gasteiger partial charge in [-0.25, -0.2) is 4.98 Å². The summed E-state index contributed by atoms with van der Waals surface area (Å²) in [5, 5.41) is 5.78. The quantitative estimate of drug-likeness (QED) is 0.481. The van der Waals surface area contributed by atoms with Crippen LogP contribution in [0.15, 0.2) is 59.0 Å². The molecular formula is C25H29N3O4. The van der Waals surface area contributed by atoms with Gasteiger partial charge >= 0.3 is 0 Å². The number of carbonyl (C=O) groups is 2. The molecule has 2 aromatic carbocycles. The molecule has 32 heavy (non-hydrogen) atoms. The Morgan fingerprint density at radius 3 is 2.50 bits per heavy atom. The Balaban J connectivity index is 1.62. The average Bonchev–Trinajstić information content (AvgIpc) is 3.13. The molecule has 3 aromatic rings. The molecule has 1 aromatic heterocycles. The Morgan fingerprint density at radius 2 is 1.75 bits per heavy atom. The number of nitrogens with zero attached hydrogens (tertiary/aromatic N) is 1. The van der Waals surface area contributed by atoms with Crippen LogP contribution in [0, 0.1) is 12.8 Å². The third-order valence-electron chi connectivity index (χ3n) is 4.71. The van der Waals surface area contributed by atoms with E-state index in [-0.39, 0.29) is 30.8 Å². The first-order valence-electron chi connectivity index (χ1n) is 10.7. The summed E-state index contributed by atoms with van der Waals surface area (Å²) in [4.78, 5) is 28.9. The molecule has 0 aliphatic carbocycles. The summed E-state index contributed by atoms with van der Waals surface area (Å²) in [6.45, 7) is 6.38. The summed E-state index contributed by atoms with van der Waals surface area (Å²) >= 11 is 0. The van der Waals surface area contributed by atoms with Crippen molar-refractivity contribution in [2.24, 2.45) is 5.92 Å². The second-order valence-electron chi connectivity index (χ2n) is 7.90. The topological polar surface area (TPSA) is 93.5 Å². The molecule has 2 N–H and O–H groups in total. The summed E-state index contributed by atoms with van der Waals surface area (Å²) in [5.41, 5.74) is 1.94. The lowest BCUT2D eigenvalue weighted by Crippen LogP contribution is -2.24. The second kappa shape index (κ2) is 11.1. The molecule has 0 saturated heterocycles. The van der Waals surface area contributed by atoms with Gasteiger partial charge in [0.05, 0.1) is 30.8 Å². The van der Waals surface area contributed by atoms with Crippen LogP contribution in [0.25, 0.3) is 11.5 Å². The summed E-state index contributed by atoms with van der Waals surface area (Å²) in [7, 11) is 0. The normalized spacial score (nSPS) is 10.8. The monoisotopic (exact) mass is 435 g/mol. The minimum atomic E-state index is -0.169. The summed E-state index contributed by atoms with van der Waals surface area (Å²) < 4.78 is 11.4. The highest BCUT2D eigenvalue weighted by atomic mass is 16.5. The fourth-order valence-corrected chi connectivity index (χ4v) is 3.10. The largest absolute Gasteiger partial charge is 0.493 e. The Hall–Kier alpha value is -3.61. The van der Waals surface area contributed by atoms with Crippen LogP contribution in [-0.4, -0.2) is 23.4 Å². The number of hydrogen-bond acceptors (Lipinski definition) is 5. The van der Waals surface area contributed by atoms with Crippen LogP contribution in [0.3, 0.4) is 0 Å². The summed E-state index contributed by atoms with van der Waals surface area (Å²) in [6, 6.07) is 16.7. The third-order valence-corrected chi connectivity index (χ3v) is 4.71. The van der Waals surface area contributed by atoms with Gasteiger partial charge in [0, 0.05) is 6.42 Å². The minimum absolute atomic E-state index is 0.0191. The Labute approximate surface area is 188 Å². The van der Waals surface area contributed by atoms with Crippen molar-refractivity contribution in [1.82, 2.24) is 10.3 Å². The van der Waals surface area contributed by atoms with Gasteiger partial charge in [0.2, 0.25) is 17.7 Å². The van der Waals surface area contributed by atoms with Crippen LogP contribution in [-0.2, 0) is 16.1 Å². The summed E-state index contributed by atoms with van der Waals surface area (Å²) in [5.74, 6) is 1.85. The standard InChI is InChI=1S/C25H29N3O4/c1-17(2)15-24(30)26-16-22-18(3)32-25(28-22)20-11-7-8-12-21(20)27-23(29)13-14-31-19-9-5-4-6-10-19/h4-12,17H,13-16H2,1-3H3,(H,26,30)(H,27,29). The van der Waals surface area contributed by atoms with Gasteiger partial charge in [0.1, 0.15) is 17.2 Å². The number of rotatable bonds is 10. The van der Waals surface area contributed by atoms with Gasteiger partial charge in [-0.05, 0) is 37.1 Å². The van der Waals surface area contributed by atoms with Gasteiger partial charge in [-0.2, -0.15) is 0 Å². The molecular weight excluding hydrogens is 406 g/mol. The predicted molar refractivity (Wildman–Crippen MR) is 123 cm³/mol. The molecule has 7 heteroatoms. The first kappa shape index (κ1) is 23.1. The van der Waals surface area contributed by atoms with E-state index >= 15 is 0 Å². The number of aromatic nitrogens is 1. The number of anilines is 1. The Bertz CT molecular complexity index is 1040. The van der Waals surface area contributed by atoms with Crippen molar-refractivity contribution in [2.45, 2.75) is 40.2 Å². The van der Waals surface area contributed by atoms with E-state index in [1.165, 1.54) is 0 Å². The van der Waals surface area contributed by atoms with Gasteiger partial charge in [-0.3, -0.25) is 9.59 Å². The first-order valence-corrected chi connectivity index (χ1v) is 10.7. The van der Waals surface area contributed by atoms with E-state index in [2.05, 4.69) is 15.6 Å². The molecule has 1 heterocycles. The van der Waals surface area contributed by atoms with E-state index in [1.807, 2.05) is 69.3 Å². The predicted octanol–water partition coefficient (Wildman–Crippen LogP) is 4.72. The van der Waals surface area contributed by atoms with Gasteiger partial charge in [0.15, 0.2) is 0 Å². The zero-order valence-corrected chi connectivity index (χ0v) is 18.7. The van der Waals surface area contributed by atoms with E-state index in [1.54, 1.807) is 6.07 Å². The number of benzene rings is 2. The zero-order valence-electron chi connectivity index (χ0n) is 18.7. The fourth-order valence-electron chi connectivity index (χ4n) is 3.10. The van der Waals surface area contributed by atoms with Crippen LogP contribution in [0.5, 0.6) is 5.75 Å². The molecule has 0 bridgehead atoms. The molecule has 0 aliphatic rings. The average molecular weight is 436 g/mol. The lowest BCUT2D eigenvalue weighted by Gasteiger charge is -2.10. The highest BCUT2D eigenvalue weighted by Gasteiger charge is 2.16. The molecule has 168 valence electrons. The molecule has 0 saturated carbocycles. The van der Waals surface area contributed by atoms with Crippen LogP contribution in [0.1, 0.15) is 38.1 Å². The molecule has 0 unspecified atom stereocenters. The van der Waals surface area contributed by atoms with Crippen LogP contribution in [0.4, 0.5) is 5.69 Å². The number of hydrogen-bond donors (Lipinski definition) is 2. The van der Waals surface area contributed by atoms with E-state index in [0.717, 1.165) is 5.75 Å². The Kier molecular flexibility index (Phi) is 8.02. The van der Waals surface area contributed by atoms with Gasteiger partial charge in [-0.1, -0.05) is 44.2 Å². The lowest BCUT2D eigenvalue weighted by molar-refractivity contribution is -0.122.